The minimum Gasteiger partial charge on any atom is -0.491 e. The predicted octanol–water partition coefficient (Wildman–Crippen LogP) is 4.55. The topological polar surface area (TPSA) is 82.3 Å². The molecule has 4 rings (SSSR count). The zero-order valence-electron chi connectivity index (χ0n) is 15.1. The van der Waals surface area contributed by atoms with Crippen LogP contribution >= 0.6 is 11.6 Å². The zero-order chi connectivity index (χ0) is 19.5. The summed E-state index contributed by atoms with van der Waals surface area (Å²) in [6.07, 6.45) is 3.43. The highest BCUT2D eigenvalue weighted by atomic mass is 35.5. The lowest BCUT2D eigenvalue weighted by molar-refractivity contribution is 0.0499. The second-order valence-corrected chi connectivity index (χ2v) is 7.16. The Morgan fingerprint density at radius 1 is 1.21 bits per heavy atom. The molecule has 0 aliphatic carbocycles. The van der Waals surface area contributed by atoms with E-state index in [0.29, 0.717) is 41.0 Å². The average molecular weight is 403 g/mol. The zero-order valence-corrected chi connectivity index (χ0v) is 15.9. The van der Waals surface area contributed by atoms with Crippen molar-refractivity contribution in [3.05, 3.63) is 47.5 Å². The molecule has 1 aromatic heterocycles. The van der Waals surface area contributed by atoms with Crippen molar-refractivity contribution in [2.45, 2.75) is 12.8 Å². The maximum Gasteiger partial charge on any atom is 0.144 e. The highest BCUT2D eigenvalue weighted by Crippen LogP contribution is 2.32. The molecule has 0 atom stereocenters. The second kappa shape index (κ2) is 8.16. The summed E-state index contributed by atoms with van der Waals surface area (Å²) in [4.78, 5) is 8.59. The molecule has 2 aromatic carbocycles. The molecule has 0 saturated carbocycles. The van der Waals surface area contributed by atoms with E-state index in [1.807, 2.05) is 6.07 Å². The van der Waals surface area contributed by atoms with E-state index in [9.17, 15) is 4.39 Å². The first-order valence-corrected chi connectivity index (χ1v) is 9.45. The molecule has 3 aromatic rings. The normalized spacial score (nSPS) is 14.9. The van der Waals surface area contributed by atoms with Crippen molar-refractivity contribution >= 4 is 39.7 Å². The van der Waals surface area contributed by atoms with Gasteiger partial charge in [0.1, 0.15) is 23.7 Å². The molecule has 1 saturated heterocycles. The number of anilines is 3. The summed E-state index contributed by atoms with van der Waals surface area (Å²) in [7, 11) is 0. The van der Waals surface area contributed by atoms with E-state index in [2.05, 4.69) is 15.3 Å². The summed E-state index contributed by atoms with van der Waals surface area (Å²) in [5.41, 5.74) is 8.03. The fraction of sp³-hybridized carbons (Fsp3) is 0.300. The standard InChI is InChI=1S/C20H20ClFN4O2/c21-15-7-13(1-2-16(15)22)26-20-14-8-17(23)19(9-18(14)24-11-25-20)28-10-12-3-5-27-6-4-12/h1-2,7-9,11-12H,3-6,10,23H2,(H,24,25,26). The number of hydrogen-bond donors (Lipinski definition) is 2. The molecule has 2 heterocycles. The fourth-order valence-corrected chi connectivity index (χ4v) is 3.34. The van der Waals surface area contributed by atoms with Crippen LogP contribution in [-0.4, -0.2) is 29.8 Å². The van der Waals surface area contributed by atoms with Crippen LogP contribution in [0.3, 0.4) is 0 Å². The van der Waals surface area contributed by atoms with Crippen LogP contribution in [0.4, 0.5) is 21.6 Å². The van der Waals surface area contributed by atoms with Crippen molar-refractivity contribution in [3.63, 3.8) is 0 Å². The lowest BCUT2D eigenvalue weighted by Crippen LogP contribution is -2.21. The van der Waals surface area contributed by atoms with E-state index < -0.39 is 5.82 Å². The smallest absolute Gasteiger partial charge is 0.144 e. The van der Waals surface area contributed by atoms with Gasteiger partial charge in [0.2, 0.25) is 0 Å². The number of nitrogens with one attached hydrogen (secondary N) is 1. The number of rotatable bonds is 5. The van der Waals surface area contributed by atoms with Crippen molar-refractivity contribution < 1.29 is 13.9 Å². The molecule has 0 radical (unpaired) electrons. The van der Waals surface area contributed by atoms with Gasteiger partial charge in [-0.05, 0) is 43.0 Å². The van der Waals surface area contributed by atoms with Crippen molar-refractivity contribution in [1.82, 2.24) is 9.97 Å². The van der Waals surface area contributed by atoms with Gasteiger partial charge < -0.3 is 20.5 Å². The van der Waals surface area contributed by atoms with Crippen LogP contribution < -0.4 is 15.8 Å². The number of aromatic nitrogens is 2. The molecule has 0 bridgehead atoms. The van der Waals surface area contributed by atoms with Crippen LogP contribution in [0.1, 0.15) is 12.8 Å². The third kappa shape index (κ3) is 4.10. The van der Waals surface area contributed by atoms with Gasteiger partial charge >= 0.3 is 0 Å². The molecule has 146 valence electrons. The van der Waals surface area contributed by atoms with Crippen molar-refractivity contribution in [2.24, 2.45) is 5.92 Å². The van der Waals surface area contributed by atoms with Gasteiger partial charge in [0.25, 0.3) is 0 Å². The minimum atomic E-state index is -0.477. The summed E-state index contributed by atoms with van der Waals surface area (Å²) in [5.74, 6) is 1.15. The fourth-order valence-electron chi connectivity index (χ4n) is 3.16. The first kappa shape index (κ1) is 18.7. The van der Waals surface area contributed by atoms with Crippen LogP contribution in [0.25, 0.3) is 10.9 Å². The number of fused-ring (bicyclic) bond motifs is 1. The SMILES string of the molecule is Nc1cc2c(Nc3ccc(F)c(Cl)c3)ncnc2cc1OCC1CCOCC1. The van der Waals surface area contributed by atoms with Gasteiger partial charge in [-0.15, -0.1) is 0 Å². The Bertz CT molecular complexity index is 995. The van der Waals surface area contributed by atoms with Crippen molar-refractivity contribution in [3.8, 4) is 5.75 Å². The highest BCUT2D eigenvalue weighted by Gasteiger charge is 2.16. The van der Waals surface area contributed by atoms with Gasteiger partial charge in [-0.3, -0.25) is 0 Å². The highest BCUT2D eigenvalue weighted by molar-refractivity contribution is 6.31. The van der Waals surface area contributed by atoms with E-state index in [-0.39, 0.29) is 5.02 Å². The number of benzene rings is 2. The maximum absolute atomic E-state index is 13.4. The molecule has 1 aliphatic heterocycles. The molecule has 28 heavy (non-hydrogen) atoms. The summed E-state index contributed by atoms with van der Waals surface area (Å²) < 4.78 is 24.7. The number of hydrogen-bond acceptors (Lipinski definition) is 6. The minimum absolute atomic E-state index is 0.0340. The lowest BCUT2D eigenvalue weighted by atomic mass is 10.0. The Balaban J connectivity index is 1.57. The van der Waals surface area contributed by atoms with Crippen LogP contribution in [0.2, 0.25) is 5.02 Å². The van der Waals surface area contributed by atoms with E-state index in [1.54, 1.807) is 12.1 Å². The Hall–Kier alpha value is -2.64. The summed E-state index contributed by atoms with van der Waals surface area (Å²) in [6.45, 7) is 2.15. The quantitative estimate of drug-likeness (QED) is 0.609. The molecule has 0 spiro atoms. The van der Waals surface area contributed by atoms with E-state index in [4.69, 9.17) is 26.8 Å². The molecular weight excluding hydrogens is 383 g/mol. The van der Waals surface area contributed by atoms with Gasteiger partial charge in [0.05, 0.1) is 22.8 Å². The Morgan fingerprint density at radius 3 is 2.82 bits per heavy atom. The molecule has 6 nitrogen and oxygen atoms in total. The van der Waals surface area contributed by atoms with Gasteiger partial charge in [-0.2, -0.15) is 0 Å². The monoisotopic (exact) mass is 402 g/mol. The third-order valence-corrected chi connectivity index (χ3v) is 5.05. The Kier molecular flexibility index (Phi) is 5.45. The third-order valence-electron chi connectivity index (χ3n) is 4.76. The van der Waals surface area contributed by atoms with Crippen molar-refractivity contribution in [1.29, 1.82) is 0 Å². The summed E-state index contributed by atoms with van der Waals surface area (Å²) >= 11 is 5.85. The number of nitrogen functional groups attached to an aromatic ring is 1. The molecule has 0 unspecified atom stereocenters. The summed E-state index contributed by atoms with van der Waals surface area (Å²) in [6, 6.07) is 7.98. The number of nitrogens with two attached hydrogens (primary N) is 1. The molecule has 8 heteroatoms. The van der Waals surface area contributed by atoms with Crippen LogP contribution in [0.5, 0.6) is 5.75 Å². The van der Waals surface area contributed by atoms with Crippen LogP contribution in [0, 0.1) is 11.7 Å². The first-order valence-electron chi connectivity index (χ1n) is 9.07. The molecule has 1 aliphatic rings. The van der Waals surface area contributed by atoms with Gasteiger partial charge in [0.15, 0.2) is 0 Å². The predicted molar refractivity (Wildman–Crippen MR) is 108 cm³/mol. The van der Waals surface area contributed by atoms with E-state index in [1.165, 1.54) is 18.5 Å². The maximum atomic E-state index is 13.4. The number of halogens is 2. The van der Waals surface area contributed by atoms with Crippen LogP contribution in [-0.2, 0) is 4.74 Å². The summed E-state index contributed by atoms with van der Waals surface area (Å²) in [5, 5.41) is 3.90. The Labute approximate surface area is 166 Å². The van der Waals surface area contributed by atoms with E-state index in [0.717, 1.165) is 31.4 Å². The number of ether oxygens (including phenoxy) is 2. The largest absolute Gasteiger partial charge is 0.491 e. The lowest BCUT2D eigenvalue weighted by Gasteiger charge is -2.22. The van der Waals surface area contributed by atoms with Gasteiger partial charge in [-0.1, -0.05) is 11.6 Å². The van der Waals surface area contributed by atoms with Gasteiger partial charge in [0, 0.05) is 30.4 Å². The van der Waals surface area contributed by atoms with E-state index >= 15 is 0 Å². The molecular formula is C20H20ClFN4O2. The number of nitrogens with zero attached hydrogens (tertiary/aromatic N) is 2. The molecule has 3 N–H and O–H groups in total. The molecule has 1 fully saturated rings. The second-order valence-electron chi connectivity index (χ2n) is 6.75. The Morgan fingerprint density at radius 2 is 2.04 bits per heavy atom. The molecule has 0 amide bonds. The first-order chi connectivity index (χ1) is 13.6. The van der Waals surface area contributed by atoms with Gasteiger partial charge in [-0.25, -0.2) is 14.4 Å². The average Bonchev–Trinajstić information content (AvgIpc) is 2.70. The van der Waals surface area contributed by atoms with Crippen LogP contribution in [0.15, 0.2) is 36.7 Å². The van der Waals surface area contributed by atoms with Crippen molar-refractivity contribution in [2.75, 3.05) is 30.9 Å².